The zero-order valence-corrected chi connectivity index (χ0v) is 11.1. The Bertz CT molecular complexity index is 509. The number of hydrogen-bond donors (Lipinski definition) is 1. The second-order valence-corrected chi connectivity index (χ2v) is 5.25. The SMILES string of the molecule is CCOC(=O)c1ccccc1NC1CC2CC=CC21. The van der Waals surface area contributed by atoms with E-state index in [2.05, 4.69) is 17.5 Å². The molecule has 3 unspecified atom stereocenters. The summed E-state index contributed by atoms with van der Waals surface area (Å²) in [5.74, 6) is 1.20. The molecule has 3 rings (SSSR count). The van der Waals surface area contributed by atoms with Crippen molar-refractivity contribution >= 4 is 11.7 Å². The summed E-state index contributed by atoms with van der Waals surface area (Å²) in [5.41, 5.74) is 1.53. The van der Waals surface area contributed by atoms with Crippen LogP contribution in [0.5, 0.6) is 0 Å². The van der Waals surface area contributed by atoms with E-state index in [0.29, 0.717) is 24.1 Å². The summed E-state index contributed by atoms with van der Waals surface area (Å²) in [6, 6.07) is 8.06. The molecule has 3 heteroatoms. The van der Waals surface area contributed by atoms with Gasteiger partial charge in [-0.25, -0.2) is 4.79 Å². The number of hydrogen-bond acceptors (Lipinski definition) is 3. The number of anilines is 1. The van der Waals surface area contributed by atoms with Gasteiger partial charge in [0.2, 0.25) is 0 Å². The summed E-state index contributed by atoms with van der Waals surface area (Å²) in [4.78, 5) is 11.9. The van der Waals surface area contributed by atoms with Crippen LogP contribution in [0.4, 0.5) is 5.69 Å². The number of ether oxygens (including phenoxy) is 1. The van der Waals surface area contributed by atoms with Crippen LogP contribution in [0.1, 0.15) is 30.1 Å². The lowest BCUT2D eigenvalue weighted by Crippen LogP contribution is -2.43. The van der Waals surface area contributed by atoms with Crippen molar-refractivity contribution in [1.82, 2.24) is 0 Å². The van der Waals surface area contributed by atoms with Crippen LogP contribution >= 0.6 is 0 Å². The van der Waals surface area contributed by atoms with Gasteiger partial charge < -0.3 is 10.1 Å². The summed E-state index contributed by atoms with van der Waals surface area (Å²) >= 11 is 0. The lowest BCUT2D eigenvalue weighted by Gasteiger charge is -2.41. The molecule has 0 heterocycles. The molecule has 0 radical (unpaired) electrons. The maximum atomic E-state index is 11.9. The van der Waals surface area contributed by atoms with Crippen molar-refractivity contribution in [3.05, 3.63) is 42.0 Å². The Labute approximate surface area is 113 Å². The fourth-order valence-electron chi connectivity index (χ4n) is 3.08. The molecule has 0 bridgehead atoms. The summed E-state index contributed by atoms with van der Waals surface area (Å²) < 4.78 is 5.10. The normalized spacial score (nSPS) is 27.5. The number of para-hydroxylation sites is 1. The van der Waals surface area contributed by atoms with Crippen LogP contribution in [0.15, 0.2) is 36.4 Å². The molecule has 1 aromatic rings. The fourth-order valence-corrected chi connectivity index (χ4v) is 3.08. The van der Waals surface area contributed by atoms with Crippen LogP contribution in [0.3, 0.4) is 0 Å². The molecule has 1 saturated carbocycles. The second-order valence-electron chi connectivity index (χ2n) is 5.25. The first-order valence-corrected chi connectivity index (χ1v) is 6.99. The molecule has 3 nitrogen and oxygen atoms in total. The quantitative estimate of drug-likeness (QED) is 0.664. The highest BCUT2D eigenvalue weighted by Gasteiger charge is 2.41. The molecule has 1 aromatic carbocycles. The third-order valence-electron chi connectivity index (χ3n) is 4.13. The van der Waals surface area contributed by atoms with Crippen molar-refractivity contribution in [3.63, 3.8) is 0 Å². The molecule has 1 fully saturated rings. The Morgan fingerprint density at radius 2 is 2.26 bits per heavy atom. The van der Waals surface area contributed by atoms with E-state index in [1.165, 1.54) is 12.8 Å². The van der Waals surface area contributed by atoms with E-state index in [-0.39, 0.29) is 5.97 Å². The van der Waals surface area contributed by atoms with Crippen LogP contribution in [0.25, 0.3) is 0 Å². The number of carbonyl (C=O) groups excluding carboxylic acids is 1. The molecular weight excluding hydrogens is 238 g/mol. The van der Waals surface area contributed by atoms with Gasteiger partial charge in [-0.1, -0.05) is 24.3 Å². The maximum absolute atomic E-state index is 11.9. The summed E-state index contributed by atoms with van der Waals surface area (Å²) in [6.45, 7) is 2.23. The number of benzene rings is 1. The Balaban J connectivity index is 1.74. The van der Waals surface area contributed by atoms with Gasteiger partial charge in [-0.3, -0.25) is 0 Å². The topological polar surface area (TPSA) is 38.3 Å². The van der Waals surface area contributed by atoms with Crippen LogP contribution in [-0.2, 0) is 4.74 Å². The summed E-state index contributed by atoms with van der Waals surface area (Å²) in [7, 11) is 0. The Morgan fingerprint density at radius 1 is 1.42 bits per heavy atom. The minimum absolute atomic E-state index is 0.247. The number of fused-ring (bicyclic) bond motifs is 1. The lowest BCUT2D eigenvalue weighted by atomic mass is 9.71. The zero-order chi connectivity index (χ0) is 13.2. The van der Waals surface area contributed by atoms with E-state index in [9.17, 15) is 4.79 Å². The number of nitrogens with one attached hydrogen (secondary N) is 1. The summed E-state index contributed by atoms with van der Waals surface area (Å²) in [5, 5.41) is 3.51. The smallest absolute Gasteiger partial charge is 0.340 e. The number of carbonyl (C=O) groups is 1. The van der Waals surface area contributed by atoms with Gasteiger partial charge in [0.05, 0.1) is 12.2 Å². The van der Waals surface area contributed by atoms with Crippen molar-refractivity contribution in [2.45, 2.75) is 25.8 Å². The first-order valence-electron chi connectivity index (χ1n) is 6.99. The molecule has 19 heavy (non-hydrogen) atoms. The molecule has 0 saturated heterocycles. The first-order chi connectivity index (χ1) is 9.29. The molecule has 0 aromatic heterocycles. The van der Waals surface area contributed by atoms with E-state index < -0.39 is 0 Å². The molecule has 2 aliphatic carbocycles. The van der Waals surface area contributed by atoms with Gasteiger partial charge in [0.1, 0.15) is 0 Å². The minimum atomic E-state index is -0.247. The highest BCUT2D eigenvalue weighted by molar-refractivity contribution is 5.95. The fraction of sp³-hybridized carbons (Fsp3) is 0.438. The van der Waals surface area contributed by atoms with Gasteiger partial charge in [-0.05, 0) is 37.8 Å². The third-order valence-corrected chi connectivity index (χ3v) is 4.13. The van der Waals surface area contributed by atoms with Crippen molar-refractivity contribution in [2.24, 2.45) is 11.8 Å². The van der Waals surface area contributed by atoms with E-state index in [1.54, 1.807) is 0 Å². The average Bonchev–Trinajstić information content (AvgIpc) is 2.78. The lowest BCUT2D eigenvalue weighted by molar-refractivity contribution is 0.0527. The third kappa shape index (κ3) is 2.25. The Morgan fingerprint density at radius 3 is 3.05 bits per heavy atom. The van der Waals surface area contributed by atoms with Crippen molar-refractivity contribution in [3.8, 4) is 0 Å². The highest BCUT2D eigenvalue weighted by Crippen LogP contribution is 2.44. The van der Waals surface area contributed by atoms with Gasteiger partial charge >= 0.3 is 5.97 Å². The van der Waals surface area contributed by atoms with Crippen molar-refractivity contribution in [2.75, 3.05) is 11.9 Å². The number of allylic oxidation sites excluding steroid dienone is 1. The molecule has 2 aliphatic rings. The zero-order valence-electron chi connectivity index (χ0n) is 11.1. The predicted octanol–water partition coefficient (Wildman–Crippen LogP) is 3.24. The first kappa shape index (κ1) is 12.3. The summed E-state index contributed by atoms with van der Waals surface area (Å²) in [6.07, 6.45) is 6.98. The molecule has 0 amide bonds. The highest BCUT2D eigenvalue weighted by atomic mass is 16.5. The standard InChI is InChI=1S/C16H19NO2/c1-2-19-16(18)13-7-3-4-9-14(13)17-15-10-11-6-5-8-12(11)15/h3-5,7-9,11-12,15,17H,2,6,10H2,1H3. The maximum Gasteiger partial charge on any atom is 0.340 e. The number of esters is 1. The van der Waals surface area contributed by atoms with Crippen LogP contribution < -0.4 is 5.32 Å². The molecular formula is C16H19NO2. The van der Waals surface area contributed by atoms with E-state index in [0.717, 1.165) is 11.6 Å². The van der Waals surface area contributed by atoms with Gasteiger partial charge in [0.25, 0.3) is 0 Å². The average molecular weight is 257 g/mol. The molecule has 0 spiro atoms. The van der Waals surface area contributed by atoms with Gasteiger partial charge in [-0.2, -0.15) is 0 Å². The van der Waals surface area contributed by atoms with Crippen molar-refractivity contribution < 1.29 is 9.53 Å². The predicted molar refractivity (Wildman–Crippen MR) is 75.2 cm³/mol. The van der Waals surface area contributed by atoms with Crippen molar-refractivity contribution in [1.29, 1.82) is 0 Å². The molecule has 1 N–H and O–H groups in total. The van der Waals surface area contributed by atoms with Crippen LogP contribution in [0, 0.1) is 11.8 Å². The van der Waals surface area contributed by atoms with Gasteiger partial charge in [-0.15, -0.1) is 0 Å². The second kappa shape index (κ2) is 5.08. The van der Waals surface area contributed by atoms with Gasteiger partial charge in [0.15, 0.2) is 0 Å². The number of rotatable bonds is 4. The molecule has 0 aliphatic heterocycles. The molecule has 100 valence electrons. The largest absolute Gasteiger partial charge is 0.462 e. The van der Waals surface area contributed by atoms with Gasteiger partial charge in [0, 0.05) is 17.6 Å². The minimum Gasteiger partial charge on any atom is -0.462 e. The van der Waals surface area contributed by atoms with E-state index in [1.807, 2.05) is 31.2 Å². The Hall–Kier alpha value is -1.77. The Kier molecular flexibility index (Phi) is 3.28. The molecule has 3 atom stereocenters. The van der Waals surface area contributed by atoms with Crippen LogP contribution in [0.2, 0.25) is 0 Å². The van der Waals surface area contributed by atoms with E-state index >= 15 is 0 Å². The van der Waals surface area contributed by atoms with Crippen LogP contribution in [-0.4, -0.2) is 18.6 Å². The monoisotopic (exact) mass is 257 g/mol. The van der Waals surface area contributed by atoms with E-state index in [4.69, 9.17) is 4.74 Å².